The van der Waals surface area contributed by atoms with Crippen LogP contribution in [0.2, 0.25) is 0 Å². The normalized spacial score (nSPS) is 10.2. The van der Waals surface area contributed by atoms with Gasteiger partial charge in [0.25, 0.3) is 11.8 Å². The SMILES string of the molecule is Cc1cnoc1C(=O)Nc1ccccc1C(=O)NCCN. The van der Waals surface area contributed by atoms with E-state index in [-0.39, 0.29) is 11.7 Å². The molecule has 2 rings (SSSR count). The van der Waals surface area contributed by atoms with E-state index in [9.17, 15) is 9.59 Å². The summed E-state index contributed by atoms with van der Waals surface area (Å²) in [6.07, 6.45) is 1.45. The van der Waals surface area contributed by atoms with Gasteiger partial charge in [-0.1, -0.05) is 17.3 Å². The number of nitrogens with two attached hydrogens (primary N) is 1. The van der Waals surface area contributed by atoms with Gasteiger partial charge in [-0.15, -0.1) is 0 Å². The van der Waals surface area contributed by atoms with Gasteiger partial charge in [0, 0.05) is 18.7 Å². The van der Waals surface area contributed by atoms with E-state index in [4.69, 9.17) is 10.3 Å². The van der Waals surface area contributed by atoms with Crippen LogP contribution in [0.1, 0.15) is 26.5 Å². The van der Waals surface area contributed by atoms with Crippen LogP contribution in [0.4, 0.5) is 5.69 Å². The van der Waals surface area contributed by atoms with Crippen molar-refractivity contribution >= 4 is 17.5 Å². The largest absolute Gasteiger partial charge is 0.351 e. The average Bonchev–Trinajstić information content (AvgIpc) is 2.91. The number of para-hydroxylation sites is 1. The first-order valence-corrected chi connectivity index (χ1v) is 6.43. The Morgan fingerprint density at radius 1 is 1.29 bits per heavy atom. The molecule has 1 aromatic heterocycles. The zero-order valence-electron chi connectivity index (χ0n) is 11.6. The summed E-state index contributed by atoms with van der Waals surface area (Å²) >= 11 is 0. The predicted octanol–water partition coefficient (Wildman–Crippen LogP) is 0.924. The molecule has 0 spiro atoms. The molecule has 2 amide bonds. The van der Waals surface area contributed by atoms with Gasteiger partial charge in [-0.2, -0.15) is 0 Å². The molecule has 0 saturated carbocycles. The number of nitrogens with one attached hydrogen (secondary N) is 2. The number of aryl methyl sites for hydroxylation is 1. The lowest BCUT2D eigenvalue weighted by atomic mass is 10.1. The van der Waals surface area contributed by atoms with Crippen LogP contribution in [0, 0.1) is 6.92 Å². The summed E-state index contributed by atoms with van der Waals surface area (Å²) in [5, 5.41) is 8.86. The number of carbonyl (C=O) groups excluding carboxylic acids is 2. The molecule has 0 unspecified atom stereocenters. The van der Waals surface area contributed by atoms with E-state index in [0.717, 1.165) is 0 Å². The monoisotopic (exact) mass is 288 g/mol. The van der Waals surface area contributed by atoms with Crippen molar-refractivity contribution in [2.24, 2.45) is 5.73 Å². The van der Waals surface area contributed by atoms with Crippen LogP contribution >= 0.6 is 0 Å². The third-order valence-electron chi connectivity index (χ3n) is 2.80. The summed E-state index contributed by atoms with van der Waals surface area (Å²) in [7, 11) is 0. The van der Waals surface area contributed by atoms with E-state index >= 15 is 0 Å². The molecule has 21 heavy (non-hydrogen) atoms. The smallest absolute Gasteiger partial charge is 0.294 e. The van der Waals surface area contributed by atoms with Gasteiger partial charge in [-0.05, 0) is 19.1 Å². The minimum absolute atomic E-state index is 0.118. The molecular formula is C14H16N4O3. The van der Waals surface area contributed by atoms with Gasteiger partial charge in [-0.25, -0.2) is 0 Å². The molecule has 0 aliphatic rings. The summed E-state index contributed by atoms with van der Waals surface area (Å²) in [5.41, 5.74) is 6.73. The fraction of sp³-hybridized carbons (Fsp3) is 0.214. The number of carbonyl (C=O) groups is 2. The molecule has 0 aliphatic heterocycles. The molecule has 0 fully saturated rings. The average molecular weight is 288 g/mol. The Balaban J connectivity index is 2.19. The maximum atomic E-state index is 12.1. The van der Waals surface area contributed by atoms with Gasteiger partial charge in [0.05, 0.1) is 17.4 Å². The highest BCUT2D eigenvalue weighted by Gasteiger charge is 2.17. The summed E-state index contributed by atoms with van der Waals surface area (Å²) in [4.78, 5) is 24.1. The van der Waals surface area contributed by atoms with E-state index in [1.807, 2.05) is 0 Å². The molecule has 2 aromatic rings. The van der Waals surface area contributed by atoms with Crippen molar-refractivity contribution < 1.29 is 14.1 Å². The lowest BCUT2D eigenvalue weighted by molar-refractivity contribution is 0.0955. The Morgan fingerprint density at radius 2 is 2.05 bits per heavy atom. The lowest BCUT2D eigenvalue weighted by Crippen LogP contribution is -2.30. The number of benzene rings is 1. The fourth-order valence-corrected chi connectivity index (χ4v) is 1.76. The van der Waals surface area contributed by atoms with E-state index < -0.39 is 5.91 Å². The Labute approximate surface area is 121 Å². The fourth-order valence-electron chi connectivity index (χ4n) is 1.76. The standard InChI is InChI=1S/C14H16N4O3/c1-9-8-17-21-12(9)14(20)18-11-5-3-2-4-10(11)13(19)16-7-6-15/h2-5,8H,6-7,15H2,1H3,(H,16,19)(H,18,20). The van der Waals surface area contributed by atoms with Crippen molar-refractivity contribution in [2.45, 2.75) is 6.92 Å². The number of nitrogens with zero attached hydrogens (tertiary/aromatic N) is 1. The van der Waals surface area contributed by atoms with Crippen LogP contribution < -0.4 is 16.4 Å². The van der Waals surface area contributed by atoms with Crippen LogP contribution in [0.5, 0.6) is 0 Å². The first kappa shape index (κ1) is 14.7. The van der Waals surface area contributed by atoms with Crippen molar-refractivity contribution in [2.75, 3.05) is 18.4 Å². The summed E-state index contributed by atoms with van der Waals surface area (Å²) in [6.45, 7) is 2.42. The number of aromatic nitrogens is 1. The van der Waals surface area contributed by atoms with E-state index in [1.54, 1.807) is 31.2 Å². The molecular weight excluding hydrogens is 272 g/mol. The van der Waals surface area contributed by atoms with Crippen molar-refractivity contribution in [3.63, 3.8) is 0 Å². The molecule has 110 valence electrons. The second kappa shape index (κ2) is 6.67. The minimum Gasteiger partial charge on any atom is -0.351 e. The molecule has 1 heterocycles. The Hall–Kier alpha value is -2.67. The van der Waals surface area contributed by atoms with Gasteiger partial charge >= 0.3 is 0 Å². The molecule has 0 saturated heterocycles. The van der Waals surface area contributed by atoms with Crippen LogP contribution in [-0.2, 0) is 0 Å². The van der Waals surface area contributed by atoms with Crippen molar-refractivity contribution in [3.05, 3.63) is 47.3 Å². The molecule has 0 atom stereocenters. The second-order valence-electron chi connectivity index (χ2n) is 4.38. The van der Waals surface area contributed by atoms with Crippen molar-refractivity contribution in [1.29, 1.82) is 0 Å². The quantitative estimate of drug-likeness (QED) is 0.758. The third kappa shape index (κ3) is 3.46. The minimum atomic E-state index is -0.455. The van der Waals surface area contributed by atoms with E-state index in [1.165, 1.54) is 6.20 Å². The summed E-state index contributed by atoms with van der Waals surface area (Å²) in [6, 6.07) is 6.70. The number of anilines is 1. The number of amides is 2. The molecule has 1 aromatic carbocycles. The van der Waals surface area contributed by atoms with Crippen LogP contribution in [0.25, 0.3) is 0 Å². The van der Waals surface area contributed by atoms with Crippen LogP contribution in [0.15, 0.2) is 35.0 Å². The molecule has 0 aliphatic carbocycles. The highest BCUT2D eigenvalue weighted by Crippen LogP contribution is 2.17. The molecule has 4 N–H and O–H groups in total. The van der Waals surface area contributed by atoms with Crippen LogP contribution in [0.3, 0.4) is 0 Å². The van der Waals surface area contributed by atoms with Gasteiger partial charge < -0.3 is 20.9 Å². The maximum absolute atomic E-state index is 12.1. The predicted molar refractivity (Wildman–Crippen MR) is 77.0 cm³/mol. The van der Waals surface area contributed by atoms with Crippen molar-refractivity contribution in [1.82, 2.24) is 10.5 Å². The second-order valence-corrected chi connectivity index (χ2v) is 4.38. The zero-order chi connectivity index (χ0) is 15.2. The first-order chi connectivity index (χ1) is 10.1. The van der Waals surface area contributed by atoms with Gasteiger partial charge in [0.1, 0.15) is 0 Å². The number of hydrogen-bond acceptors (Lipinski definition) is 5. The number of hydrogen-bond donors (Lipinski definition) is 3. The van der Waals surface area contributed by atoms with Gasteiger partial charge in [-0.3, -0.25) is 9.59 Å². The molecule has 7 nitrogen and oxygen atoms in total. The van der Waals surface area contributed by atoms with Crippen LogP contribution in [-0.4, -0.2) is 30.1 Å². The lowest BCUT2D eigenvalue weighted by Gasteiger charge is -2.10. The van der Waals surface area contributed by atoms with Gasteiger partial charge in [0.2, 0.25) is 5.76 Å². The van der Waals surface area contributed by atoms with E-state index in [0.29, 0.717) is 29.9 Å². The van der Waals surface area contributed by atoms with E-state index in [2.05, 4.69) is 15.8 Å². The van der Waals surface area contributed by atoms with Crippen molar-refractivity contribution in [3.8, 4) is 0 Å². The Morgan fingerprint density at radius 3 is 2.71 bits per heavy atom. The zero-order valence-corrected chi connectivity index (χ0v) is 11.6. The molecule has 7 heteroatoms. The third-order valence-corrected chi connectivity index (χ3v) is 2.80. The molecule has 0 radical (unpaired) electrons. The summed E-state index contributed by atoms with van der Waals surface area (Å²) in [5.74, 6) is -0.637. The van der Waals surface area contributed by atoms with Gasteiger partial charge in [0.15, 0.2) is 0 Å². The summed E-state index contributed by atoms with van der Waals surface area (Å²) < 4.78 is 4.88. The first-order valence-electron chi connectivity index (χ1n) is 6.43. The molecule has 0 bridgehead atoms. The number of rotatable bonds is 5. The Kier molecular flexibility index (Phi) is 4.68. The maximum Gasteiger partial charge on any atom is 0.294 e. The Bertz CT molecular complexity index is 651. The highest BCUT2D eigenvalue weighted by atomic mass is 16.5. The topological polar surface area (TPSA) is 110 Å². The highest BCUT2D eigenvalue weighted by molar-refractivity contribution is 6.08.